The number of hydrogen-bond donors (Lipinski definition) is 1. The van der Waals surface area contributed by atoms with Crippen molar-refractivity contribution >= 4 is 35.0 Å². The predicted molar refractivity (Wildman–Crippen MR) is 107 cm³/mol. The summed E-state index contributed by atoms with van der Waals surface area (Å²) in [6.45, 7) is 0. The highest BCUT2D eigenvalue weighted by atomic mass is 35.5. The maximum Gasteiger partial charge on any atom is 0.271 e. The van der Waals surface area contributed by atoms with Crippen LogP contribution in [0.2, 0.25) is 5.02 Å². The van der Waals surface area contributed by atoms with Crippen molar-refractivity contribution < 1.29 is 4.79 Å². The molecule has 4 nitrogen and oxygen atoms in total. The van der Waals surface area contributed by atoms with Crippen molar-refractivity contribution in [1.29, 1.82) is 0 Å². The van der Waals surface area contributed by atoms with Crippen LogP contribution in [0.3, 0.4) is 0 Å². The summed E-state index contributed by atoms with van der Waals surface area (Å²) in [6, 6.07) is 22.3. The molecule has 0 atom stereocenters. The predicted octanol–water partition coefficient (Wildman–Crippen LogP) is 4.66. The van der Waals surface area contributed by atoms with Gasteiger partial charge in [-0.15, -0.1) is 0 Å². The third kappa shape index (κ3) is 5.18. The van der Waals surface area contributed by atoms with Crippen molar-refractivity contribution in [3.05, 3.63) is 95.1 Å². The molecule has 0 saturated carbocycles. The van der Waals surface area contributed by atoms with E-state index < -0.39 is 0 Å². The lowest BCUT2D eigenvalue weighted by molar-refractivity contribution is 0.0955. The van der Waals surface area contributed by atoms with Crippen LogP contribution in [0.15, 0.2) is 89.1 Å². The molecular weight excluding hydrogens is 366 g/mol. The van der Waals surface area contributed by atoms with E-state index in [9.17, 15) is 4.79 Å². The van der Waals surface area contributed by atoms with Crippen LogP contribution in [0.25, 0.3) is 0 Å². The monoisotopic (exact) mass is 381 g/mol. The maximum atomic E-state index is 12.3. The van der Waals surface area contributed by atoms with Crippen molar-refractivity contribution in [1.82, 2.24) is 10.4 Å². The summed E-state index contributed by atoms with van der Waals surface area (Å²) in [6.07, 6.45) is 1.75. The highest BCUT2D eigenvalue weighted by Crippen LogP contribution is 2.17. The Labute approximate surface area is 161 Å². The molecule has 0 aliphatic rings. The molecule has 0 aliphatic carbocycles. The molecule has 0 saturated heterocycles. The minimum absolute atomic E-state index is 0.302. The number of nitrogens with one attached hydrogen (secondary N) is 1. The molecule has 0 bridgehead atoms. The van der Waals surface area contributed by atoms with Crippen molar-refractivity contribution in [3.63, 3.8) is 0 Å². The summed E-state index contributed by atoms with van der Waals surface area (Å²) in [5.41, 5.74) is 4.79. The van der Waals surface area contributed by atoms with Gasteiger partial charge in [0, 0.05) is 22.5 Å². The number of aromatic nitrogens is 1. The highest BCUT2D eigenvalue weighted by molar-refractivity contribution is 7.99. The zero-order valence-corrected chi connectivity index (χ0v) is 15.4. The summed E-state index contributed by atoms with van der Waals surface area (Å²) in [5.74, 6) is 0.278. The van der Waals surface area contributed by atoms with Crippen LogP contribution >= 0.6 is 23.4 Å². The van der Waals surface area contributed by atoms with Gasteiger partial charge in [-0.05, 0) is 35.9 Å². The van der Waals surface area contributed by atoms with E-state index in [1.54, 1.807) is 42.2 Å². The van der Waals surface area contributed by atoms with Crippen LogP contribution in [0.4, 0.5) is 0 Å². The molecule has 1 amide bonds. The Hall–Kier alpha value is -2.63. The molecule has 0 aliphatic heterocycles. The molecule has 2 aromatic carbocycles. The normalized spacial score (nSPS) is 11.2. The van der Waals surface area contributed by atoms with Gasteiger partial charge in [-0.3, -0.25) is 4.79 Å². The summed E-state index contributed by atoms with van der Waals surface area (Å²) < 4.78 is 0. The lowest BCUT2D eigenvalue weighted by Crippen LogP contribution is -2.21. The van der Waals surface area contributed by atoms with Crippen molar-refractivity contribution in [2.45, 2.75) is 5.03 Å². The number of nitrogens with zero attached hydrogens (tertiary/aromatic N) is 2. The largest absolute Gasteiger partial charge is 0.271 e. The number of carbonyl (C=O) groups excluding carboxylic acids is 1. The average molecular weight is 382 g/mol. The Morgan fingerprint density at radius 2 is 1.77 bits per heavy atom. The Morgan fingerprint density at radius 3 is 2.50 bits per heavy atom. The van der Waals surface area contributed by atoms with Crippen molar-refractivity contribution in [2.75, 3.05) is 5.75 Å². The number of hydrogen-bond acceptors (Lipinski definition) is 4. The number of pyridine rings is 1. The van der Waals surface area contributed by atoms with Gasteiger partial charge in [0.25, 0.3) is 5.91 Å². The number of halogens is 1. The van der Waals surface area contributed by atoms with Crippen LogP contribution in [0, 0.1) is 0 Å². The Kier molecular flexibility index (Phi) is 6.41. The standard InChI is InChI=1S/C20H16ClN3OS/c21-17-10-6-9-16(13-17)20(25)24-23-18(15-7-2-1-3-8-15)14-26-19-11-4-5-12-22-19/h1-13H,14H2,(H,24,25)/b23-18-. The molecule has 1 N–H and O–H groups in total. The van der Waals surface area contributed by atoms with Crippen molar-refractivity contribution in [2.24, 2.45) is 5.10 Å². The number of amides is 1. The summed E-state index contributed by atoms with van der Waals surface area (Å²) in [7, 11) is 0. The quantitative estimate of drug-likeness (QED) is 0.384. The molecule has 130 valence electrons. The lowest BCUT2D eigenvalue weighted by atomic mass is 10.1. The smallest absolute Gasteiger partial charge is 0.267 e. The maximum absolute atomic E-state index is 12.3. The minimum Gasteiger partial charge on any atom is -0.267 e. The van der Waals surface area contributed by atoms with Crippen LogP contribution < -0.4 is 5.43 Å². The molecule has 0 fully saturated rings. The van der Waals surface area contributed by atoms with E-state index >= 15 is 0 Å². The molecule has 1 aromatic heterocycles. The Bertz CT molecular complexity index is 901. The molecule has 0 radical (unpaired) electrons. The number of thioether (sulfide) groups is 1. The van der Waals surface area contributed by atoms with Crippen LogP contribution in [-0.4, -0.2) is 22.4 Å². The van der Waals surface area contributed by atoms with E-state index in [2.05, 4.69) is 15.5 Å². The minimum atomic E-state index is -0.302. The first kappa shape index (κ1) is 18.2. The van der Waals surface area contributed by atoms with Gasteiger partial charge >= 0.3 is 0 Å². The third-order valence-electron chi connectivity index (χ3n) is 3.48. The average Bonchev–Trinajstić information content (AvgIpc) is 2.69. The van der Waals surface area contributed by atoms with Gasteiger partial charge in [-0.25, -0.2) is 10.4 Å². The summed E-state index contributed by atoms with van der Waals surface area (Å²) in [4.78, 5) is 16.6. The van der Waals surface area contributed by atoms with Crippen LogP contribution in [0.5, 0.6) is 0 Å². The molecule has 3 rings (SSSR count). The fourth-order valence-corrected chi connectivity index (χ4v) is 3.21. The second kappa shape index (κ2) is 9.17. The van der Waals surface area contributed by atoms with E-state index in [0.29, 0.717) is 16.3 Å². The molecule has 0 spiro atoms. The van der Waals surface area contributed by atoms with Crippen LogP contribution in [0.1, 0.15) is 15.9 Å². The molecule has 0 unspecified atom stereocenters. The van der Waals surface area contributed by atoms with Gasteiger partial charge in [0.05, 0.1) is 10.7 Å². The molecule has 26 heavy (non-hydrogen) atoms. The summed E-state index contributed by atoms with van der Waals surface area (Å²) in [5, 5.41) is 5.75. The van der Waals surface area contributed by atoms with Gasteiger partial charge in [0.15, 0.2) is 0 Å². The number of benzene rings is 2. The lowest BCUT2D eigenvalue weighted by Gasteiger charge is -2.08. The fourth-order valence-electron chi connectivity index (χ4n) is 2.20. The van der Waals surface area contributed by atoms with E-state index in [0.717, 1.165) is 16.3 Å². The first-order valence-corrected chi connectivity index (χ1v) is 9.30. The summed E-state index contributed by atoms with van der Waals surface area (Å²) >= 11 is 7.50. The number of rotatable bonds is 6. The zero-order valence-electron chi connectivity index (χ0n) is 13.8. The number of carbonyl (C=O) groups is 1. The zero-order chi connectivity index (χ0) is 18.2. The van der Waals surface area contributed by atoms with Crippen molar-refractivity contribution in [3.8, 4) is 0 Å². The van der Waals surface area contributed by atoms with Crippen LogP contribution in [-0.2, 0) is 0 Å². The van der Waals surface area contributed by atoms with Gasteiger partial charge in [-0.1, -0.05) is 65.8 Å². The van der Waals surface area contributed by atoms with Gasteiger partial charge in [0.2, 0.25) is 0 Å². The molecule has 3 aromatic rings. The van der Waals surface area contributed by atoms with E-state index in [-0.39, 0.29) is 5.91 Å². The van der Waals surface area contributed by atoms with E-state index in [4.69, 9.17) is 11.6 Å². The molecular formula is C20H16ClN3OS. The first-order valence-electron chi connectivity index (χ1n) is 7.94. The fraction of sp³-hybridized carbons (Fsp3) is 0.0500. The molecule has 1 heterocycles. The van der Waals surface area contributed by atoms with Gasteiger partial charge < -0.3 is 0 Å². The topological polar surface area (TPSA) is 54.4 Å². The Balaban J connectivity index is 1.76. The number of hydrazone groups is 1. The van der Waals surface area contributed by atoms with Gasteiger partial charge in [0.1, 0.15) is 0 Å². The Morgan fingerprint density at radius 1 is 1.00 bits per heavy atom. The SMILES string of the molecule is O=C(N/N=C(/CSc1ccccn1)c1ccccc1)c1cccc(Cl)c1. The van der Waals surface area contributed by atoms with E-state index in [1.807, 2.05) is 48.5 Å². The third-order valence-corrected chi connectivity index (χ3v) is 4.67. The van der Waals surface area contributed by atoms with E-state index in [1.165, 1.54) is 0 Å². The second-order valence-electron chi connectivity index (χ2n) is 5.33. The molecule has 6 heteroatoms. The first-order chi connectivity index (χ1) is 12.7. The highest BCUT2D eigenvalue weighted by Gasteiger charge is 2.09. The van der Waals surface area contributed by atoms with Gasteiger partial charge in [-0.2, -0.15) is 5.10 Å². The second-order valence-corrected chi connectivity index (χ2v) is 6.76.